The minimum absolute atomic E-state index is 0.153. The lowest BCUT2D eigenvalue weighted by Crippen LogP contribution is -2.59. The number of aromatic nitrogens is 6. The van der Waals surface area contributed by atoms with E-state index >= 15 is 0 Å². The molecule has 0 bridgehead atoms. The smallest absolute Gasteiger partial charge is 0.252 e. The normalized spacial score (nSPS) is 13.6. The zero-order valence-electron chi connectivity index (χ0n) is 32.9. The Morgan fingerprint density at radius 1 is 0.527 bits per heavy atom. The fourth-order valence-corrected chi connectivity index (χ4v) is 9.25. The van der Waals surface area contributed by atoms with Crippen LogP contribution >= 0.6 is 0 Å². The Hall–Kier alpha value is -5.96. The van der Waals surface area contributed by atoms with Crippen molar-refractivity contribution in [3.05, 3.63) is 101 Å². The lowest BCUT2D eigenvalue weighted by Gasteiger charge is -2.33. The summed E-state index contributed by atoms with van der Waals surface area (Å²) in [7, 11) is 0. The lowest BCUT2D eigenvalue weighted by atomic mass is 9.34. The van der Waals surface area contributed by atoms with Crippen molar-refractivity contribution in [3.63, 3.8) is 0 Å². The largest absolute Gasteiger partial charge is 0.438 e. The molecule has 0 aliphatic carbocycles. The van der Waals surface area contributed by atoms with Crippen LogP contribution in [-0.2, 0) is 10.8 Å². The van der Waals surface area contributed by atoms with Gasteiger partial charge in [0.2, 0.25) is 11.8 Å². The maximum atomic E-state index is 6.69. The Labute approximate surface area is 319 Å². The molecule has 2 aliphatic heterocycles. The Morgan fingerprint density at radius 2 is 0.909 bits per heavy atom. The summed E-state index contributed by atoms with van der Waals surface area (Å²) in [5.74, 6) is 3.20. The molecule has 0 saturated heterocycles. The Morgan fingerprint density at radius 3 is 1.29 bits per heavy atom. The van der Waals surface area contributed by atoms with Crippen LogP contribution in [0.5, 0.6) is 0 Å². The molecule has 9 heteroatoms. The van der Waals surface area contributed by atoms with Crippen molar-refractivity contribution in [2.45, 2.75) is 80.1 Å². The zero-order valence-corrected chi connectivity index (χ0v) is 32.9. The molecule has 0 N–H and O–H groups in total. The molecule has 270 valence electrons. The van der Waals surface area contributed by atoms with Gasteiger partial charge in [0.25, 0.3) is 6.71 Å². The molecule has 0 spiro atoms. The van der Waals surface area contributed by atoms with E-state index in [0.29, 0.717) is 11.8 Å². The van der Waals surface area contributed by atoms with E-state index in [1.54, 1.807) is 0 Å². The van der Waals surface area contributed by atoms with Crippen molar-refractivity contribution < 1.29 is 8.83 Å². The van der Waals surface area contributed by atoms with Gasteiger partial charge in [0.1, 0.15) is 33.7 Å². The van der Waals surface area contributed by atoms with Crippen LogP contribution in [0.3, 0.4) is 0 Å². The second kappa shape index (κ2) is 10.4. The van der Waals surface area contributed by atoms with Gasteiger partial charge in [0.05, 0.1) is 11.0 Å². The topological polar surface area (TPSA) is 87.7 Å². The molecular weight excluding hydrogens is 679 g/mol. The Balaban J connectivity index is 1.35. The number of rotatable bonds is 2. The van der Waals surface area contributed by atoms with Gasteiger partial charge in [-0.3, -0.25) is 9.13 Å². The summed E-state index contributed by atoms with van der Waals surface area (Å²) in [4.78, 5) is 21.4. The standard InChI is InChI=1S/C46H41BN6O2/c1-22-14-11-15-23(2)32(22)41-50-35-37-26(20-28-39(35)54-43(48-28)45(5,6)7)47-27-21-29-40(55-44(49-29)46(8,9)10)36-38(27)53(31-19-13-18-30(34(31)47)52(37)41)42(51-36)33-24(3)16-12-17-25(33)4/h11-21H,1-10H3. The zero-order chi connectivity index (χ0) is 38.0. The molecule has 6 heterocycles. The van der Waals surface area contributed by atoms with Gasteiger partial charge in [0.15, 0.2) is 11.2 Å². The number of hydrogen-bond acceptors (Lipinski definition) is 6. The highest BCUT2D eigenvalue weighted by molar-refractivity contribution is 7.00. The maximum absolute atomic E-state index is 6.69. The molecule has 0 atom stereocenters. The molecule has 0 unspecified atom stereocenters. The van der Waals surface area contributed by atoms with Crippen LogP contribution < -0.4 is 16.4 Å². The number of aryl methyl sites for hydroxylation is 4. The minimum Gasteiger partial charge on any atom is -0.438 e. The summed E-state index contributed by atoms with van der Waals surface area (Å²) in [5, 5.41) is 0. The van der Waals surface area contributed by atoms with Crippen molar-refractivity contribution >= 4 is 67.4 Å². The van der Waals surface area contributed by atoms with E-state index in [2.05, 4.69) is 145 Å². The van der Waals surface area contributed by atoms with E-state index in [0.717, 1.165) is 89.3 Å². The van der Waals surface area contributed by atoms with E-state index < -0.39 is 0 Å². The first-order valence-corrected chi connectivity index (χ1v) is 19.2. The van der Waals surface area contributed by atoms with E-state index in [1.807, 2.05) is 0 Å². The third-order valence-electron chi connectivity index (χ3n) is 11.8. The van der Waals surface area contributed by atoms with Gasteiger partial charge >= 0.3 is 0 Å². The minimum atomic E-state index is -0.282. The molecule has 55 heavy (non-hydrogen) atoms. The number of oxazole rings is 2. The van der Waals surface area contributed by atoms with Gasteiger partial charge in [0, 0.05) is 33.3 Å². The van der Waals surface area contributed by atoms with Crippen molar-refractivity contribution in [2.75, 3.05) is 0 Å². The fourth-order valence-electron chi connectivity index (χ4n) is 9.25. The van der Waals surface area contributed by atoms with Gasteiger partial charge in [-0.2, -0.15) is 0 Å². The van der Waals surface area contributed by atoms with Crippen LogP contribution in [0.2, 0.25) is 0 Å². The predicted molar refractivity (Wildman–Crippen MR) is 223 cm³/mol. The third-order valence-corrected chi connectivity index (χ3v) is 11.8. The van der Waals surface area contributed by atoms with Crippen LogP contribution in [0.25, 0.3) is 78.4 Å². The highest BCUT2D eigenvalue weighted by atomic mass is 16.4. The monoisotopic (exact) mass is 720 g/mol. The summed E-state index contributed by atoms with van der Waals surface area (Å²) >= 11 is 0. The Kier molecular flexibility index (Phi) is 6.15. The molecule has 2 aliphatic rings. The number of fused-ring (bicyclic) bond motifs is 8. The summed E-state index contributed by atoms with van der Waals surface area (Å²) in [6, 6.07) is 24.1. The van der Waals surface area contributed by atoms with E-state index in [-0.39, 0.29) is 17.5 Å². The molecule has 0 fully saturated rings. The van der Waals surface area contributed by atoms with E-state index in [1.165, 1.54) is 27.7 Å². The number of nitrogens with zero attached hydrogens (tertiary/aromatic N) is 6. The molecule has 0 amide bonds. The summed E-state index contributed by atoms with van der Waals surface area (Å²) in [5.41, 5.74) is 18.9. The lowest BCUT2D eigenvalue weighted by molar-refractivity contribution is 0.411. The van der Waals surface area contributed by atoms with Crippen molar-refractivity contribution in [1.82, 2.24) is 29.1 Å². The SMILES string of the molecule is Cc1cccc(C)c1-c1nc2c3oc(C(C)(C)C)nc3cc3c2n1-c1cccc2c1B3c1cc3nc(C(C)(C)C)oc3c3nc(-c4c(C)cccc4C)n-2c13. The van der Waals surface area contributed by atoms with Crippen LogP contribution in [0, 0.1) is 27.7 Å². The number of hydrogen-bond donors (Lipinski definition) is 0. The van der Waals surface area contributed by atoms with Gasteiger partial charge in [-0.15, -0.1) is 0 Å². The molecule has 0 saturated carbocycles. The van der Waals surface area contributed by atoms with Crippen LogP contribution in [0.4, 0.5) is 0 Å². The van der Waals surface area contributed by atoms with E-state index in [4.69, 9.17) is 28.8 Å². The molecule has 9 aromatic rings. The average Bonchev–Trinajstić information content (AvgIpc) is 3.91. The van der Waals surface area contributed by atoms with Gasteiger partial charge in [-0.25, -0.2) is 19.9 Å². The second-order valence-corrected chi connectivity index (χ2v) is 17.8. The molecule has 11 rings (SSSR count). The summed E-state index contributed by atoms with van der Waals surface area (Å²) in [6.07, 6.45) is 0. The number of benzene rings is 5. The second-order valence-electron chi connectivity index (χ2n) is 17.8. The first-order valence-electron chi connectivity index (χ1n) is 19.2. The first-order chi connectivity index (χ1) is 26.2. The maximum Gasteiger partial charge on any atom is 0.252 e. The third kappa shape index (κ3) is 4.18. The molecule has 0 radical (unpaired) electrons. The highest BCUT2D eigenvalue weighted by Crippen LogP contribution is 2.42. The van der Waals surface area contributed by atoms with Crippen LogP contribution in [-0.4, -0.2) is 35.8 Å². The average molecular weight is 721 g/mol. The van der Waals surface area contributed by atoms with Crippen molar-refractivity contribution in [1.29, 1.82) is 0 Å². The van der Waals surface area contributed by atoms with Gasteiger partial charge < -0.3 is 8.83 Å². The quantitative estimate of drug-likeness (QED) is 0.166. The first kappa shape index (κ1) is 32.5. The van der Waals surface area contributed by atoms with Crippen LogP contribution in [0.15, 0.2) is 75.6 Å². The van der Waals surface area contributed by atoms with Gasteiger partial charge in [-0.05, 0) is 90.6 Å². The fraction of sp³-hybridized carbons (Fsp3) is 0.261. The molecule has 4 aromatic heterocycles. The van der Waals surface area contributed by atoms with E-state index in [9.17, 15) is 0 Å². The van der Waals surface area contributed by atoms with Gasteiger partial charge in [-0.1, -0.05) is 84.0 Å². The van der Waals surface area contributed by atoms with Crippen LogP contribution in [0.1, 0.15) is 75.6 Å². The molecular formula is C46H41BN6O2. The van der Waals surface area contributed by atoms with Crippen molar-refractivity contribution in [2.24, 2.45) is 0 Å². The Bertz CT molecular complexity index is 2930. The number of imidazole rings is 2. The molecule has 8 nitrogen and oxygen atoms in total. The highest BCUT2D eigenvalue weighted by Gasteiger charge is 2.44. The molecule has 5 aromatic carbocycles. The summed E-state index contributed by atoms with van der Waals surface area (Å²) in [6.45, 7) is 21.4. The van der Waals surface area contributed by atoms with Crippen molar-refractivity contribution in [3.8, 4) is 34.2 Å². The summed E-state index contributed by atoms with van der Waals surface area (Å²) < 4.78 is 18.1. The predicted octanol–water partition coefficient (Wildman–Crippen LogP) is 8.95.